The minimum Gasteiger partial charge on any atom is -0.480 e. The molecule has 0 saturated carbocycles. The quantitative estimate of drug-likeness (QED) is 0.793. The van der Waals surface area contributed by atoms with Crippen LogP contribution in [0.25, 0.3) is 0 Å². The predicted molar refractivity (Wildman–Crippen MR) is 73.2 cm³/mol. The second-order valence-corrected chi connectivity index (χ2v) is 7.01. The summed E-state index contributed by atoms with van der Waals surface area (Å²) in [6.07, 6.45) is 3.97. The average molecular weight is 317 g/mol. The van der Waals surface area contributed by atoms with Crippen LogP contribution in [0, 0.1) is 5.92 Å². The lowest BCUT2D eigenvalue weighted by Gasteiger charge is -2.30. The minimum atomic E-state index is -3.60. The monoisotopic (exact) mass is 317 g/mol. The summed E-state index contributed by atoms with van der Waals surface area (Å²) < 4.78 is 32.5. The van der Waals surface area contributed by atoms with Crippen molar-refractivity contribution in [2.75, 3.05) is 26.8 Å². The van der Waals surface area contributed by atoms with Gasteiger partial charge in [0.15, 0.2) is 0 Å². The summed E-state index contributed by atoms with van der Waals surface area (Å²) in [5.41, 5.74) is 0. The molecule has 0 atom stereocenters. The molecule has 0 bridgehead atoms. The van der Waals surface area contributed by atoms with E-state index >= 15 is 0 Å². The highest BCUT2D eigenvalue weighted by Crippen LogP contribution is 2.23. The van der Waals surface area contributed by atoms with Crippen LogP contribution in [0.2, 0.25) is 0 Å². The van der Waals surface area contributed by atoms with E-state index in [1.165, 1.54) is 16.7 Å². The van der Waals surface area contributed by atoms with Gasteiger partial charge in [-0.05, 0) is 18.8 Å². The normalized spacial score (nSPS) is 18.0. The molecule has 0 spiro atoms. The number of rotatable bonds is 6. The third-order valence-corrected chi connectivity index (χ3v) is 5.37. The van der Waals surface area contributed by atoms with Crippen LogP contribution < -0.4 is 0 Å². The van der Waals surface area contributed by atoms with Crippen LogP contribution in [-0.4, -0.2) is 60.4 Å². The lowest BCUT2D eigenvalue weighted by molar-refractivity contribution is -0.137. The number of nitrogens with zero attached hydrogens (tertiary/aromatic N) is 3. The minimum absolute atomic E-state index is 0.0361. The van der Waals surface area contributed by atoms with Crippen LogP contribution in [0.3, 0.4) is 0 Å². The maximum Gasteiger partial charge on any atom is 0.325 e. The van der Waals surface area contributed by atoms with Crippen molar-refractivity contribution in [2.24, 2.45) is 5.92 Å². The summed E-state index contributed by atoms with van der Waals surface area (Å²) in [6, 6.07) is 0. The predicted octanol–water partition coefficient (Wildman–Crippen LogP) is 0.0148. The van der Waals surface area contributed by atoms with Crippen molar-refractivity contribution in [1.29, 1.82) is 0 Å². The second kappa shape index (κ2) is 6.54. The van der Waals surface area contributed by atoms with Gasteiger partial charge in [-0.1, -0.05) is 0 Å². The molecule has 0 aromatic carbocycles. The molecule has 0 radical (unpaired) electrons. The van der Waals surface area contributed by atoms with Crippen molar-refractivity contribution in [3.05, 3.63) is 12.4 Å². The maximum atomic E-state index is 12.4. The first-order valence-corrected chi connectivity index (χ1v) is 8.11. The number of hydrogen-bond acceptors (Lipinski definition) is 5. The van der Waals surface area contributed by atoms with Crippen LogP contribution >= 0.6 is 0 Å². The molecule has 9 heteroatoms. The van der Waals surface area contributed by atoms with Crippen molar-refractivity contribution < 1.29 is 23.1 Å². The van der Waals surface area contributed by atoms with Gasteiger partial charge >= 0.3 is 5.97 Å². The molecule has 2 heterocycles. The second-order valence-electron chi connectivity index (χ2n) is 5.07. The van der Waals surface area contributed by atoms with Gasteiger partial charge in [-0.25, -0.2) is 8.42 Å². The SMILES string of the molecule is COCC1CCN(S(=O)(=O)c2cnn(CC(=O)O)c2)CC1. The Hall–Kier alpha value is -1.45. The van der Waals surface area contributed by atoms with E-state index in [-0.39, 0.29) is 11.4 Å². The van der Waals surface area contributed by atoms with Crippen LogP contribution in [0.5, 0.6) is 0 Å². The fraction of sp³-hybridized carbons (Fsp3) is 0.667. The van der Waals surface area contributed by atoms with E-state index in [1.807, 2.05) is 0 Å². The first-order chi connectivity index (χ1) is 9.93. The molecule has 1 aromatic rings. The van der Waals surface area contributed by atoms with Gasteiger partial charge in [0, 0.05) is 33.0 Å². The van der Waals surface area contributed by atoms with E-state index < -0.39 is 16.0 Å². The number of hydrogen-bond donors (Lipinski definition) is 1. The third-order valence-electron chi connectivity index (χ3n) is 3.52. The van der Waals surface area contributed by atoms with Crippen molar-refractivity contribution in [1.82, 2.24) is 14.1 Å². The Bertz CT molecular complexity index is 590. The Balaban J connectivity index is 2.05. The van der Waals surface area contributed by atoms with Gasteiger partial charge in [0.25, 0.3) is 0 Å². The molecule has 118 valence electrons. The molecule has 0 aliphatic carbocycles. The zero-order chi connectivity index (χ0) is 15.5. The number of ether oxygens (including phenoxy) is 1. The summed E-state index contributed by atoms with van der Waals surface area (Å²) in [5.74, 6) is -0.682. The molecule has 1 aliphatic heterocycles. The molecule has 1 saturated heterocycles. The number of aliphatic carboxylic acids is 1. The smallest absolute Gasteiger partial charge is 0.325 e. The van der Waals surface area contributed by atoms with E-state index in [0.717, 1.165) is 17.5 Å². The lowest BCUT2D eigenvalue weighted by Crippen LogP contribution is -2.39. The van der Waals surface area contributed by atoms with E-state index in [2.05, 4.69) is 5.10 Å². The summed E-state index contributed by atoms with van der Waals surface area (Å²) >= 11 is 0. The van der Waals surface area contributed by atoms with Gasteiger partial charge in [0.1, 0.15) is 11.4 Å². The van der Waals surface area contributed by atoms with Crippen molar-refractivity contribution in [3.63, 3.8) is 0 Å². The fourth-order valence-electron chi connectivity index (χ4n) is 2.40. The summed E-state index contributed by atoms with van der Waals surface area (Å²) in [5, 5.41) is 12.4. The largest absolute Gasteiger partial charge is 0.480 e. The molecule has 21 heavy (non-hydrogen) atoms. The Morgan fingerprint density at radius 3 is 2.71 bits per heavy atom. The fourth-order valence-corrected chi connectivity index (χ4v) is 3.83. The van der Waals surface area contributed by atoms with Gasteiger partial charge in [-0.15, -0.1) is 0 Å². The molecule has 2 rings (SSSR count). The molecule has 8 nitrogen and oxygen atoms in total. The van der Waals surface area contributed by atoms with E-state index in [9.17, 15) is 13.2 Å². The average Bonchev–Trinajstić information content (AvgIpc) is 2.88. The third kappa shape index (κ3) is 3.80. The highest BCUT2D eigenvalue weighted by Gasteiger charge is 2.30. The Labute approximate surface area is 123 Å². The summed E-state index contributed by atoms with van der Waals surface area (Å²) in [7, 11) is -1.96. The van der Waals surface area contributed by atoms with Crippen molar-refractivity contribution in [2.45, 2.75) is 24.3 Å². The molecule has 1 N–H and O–H groups in total. The lowest BCUT2D eigenvalue weighted by atomic mass is 9.99. The number of methoxy groups -OCH3 is 1. The van der Waals surface area contributed by atoms with Crippen molar-refractivity contribution in [3.8, 4) is 0 Å². The maximum absolute atomic E-state index is 12.4. The van der Waals surface area contributed by atoms with Gasteiger partial charge in [0.05, 0.1) is 6.20 Å². The molecule has 1 aromatic heterocycles. The van der Waals surface area contributed by atoms with Crippen LogP contribution in [-0.2, 0) is 26.1 Å². The number of piperidine rings is 1. The van der Waals surface area contributed by atoms with Crippen molar-refractivity contribution >= 4 is 16.0 Å². The van der Waals surface area contributed by atoms with E-state index in [4.69, 9.17) is 9.84 Å². The topological polar surface area (TPSA) is 102 Å². The molecule has 0 amide bonds. The number of sulfonamides is 1. The first kappa shape index (κ1) is 15.9. The molecule has 1 fully saturated rings. The van der Waals surface area contributed by atoms with Crippen LogP contribution in [0.15, 0.2) is 17.3 Å². The molecule has 0 unspecified atom stereocenters. The highest BCUT2D eigenvalue weighted by atomic mass is 32.2. The summed E-state index contributed by atoms with van der Waals surface area (Å²) in [6.45, 7) is 1.18. The van der Waals surface area contributed by atoms with Gasteiger partial charge in [0.2, 0.25) is 10.0 Å². The Morgan fingerprint density at radius 1 is 1.48 bits per heavy atom. The first-order valence-electron chi connectivity index (χ1n) is 6.67. The van der Waals surface area contributed by atoms with E-state index in [1.54, 1.807) is 7.11 Å². The number of carboxylic acid groups (broad SMARTS) is 1. The van der Waals surface area contributed by atoms with Crippen LogP contribution in [0.4, 0.5) is 0 Å². The van der Waals surface area contributed by atoms with Gasteiger partial charge in [-0.3, -0.25) is 9.48 Å². The number of aromatic nitrogens is 2. The molecular formula is C12H19N3O5S. The highest BCUT2D eigenvalue weighted by molar-refractivity contribution is 7.89. The molecule has 1 aliphatic rings. The Morgan fingerprint density at radius 2 is 2.14 bits per heavy atom. The molecular weight excluding hydrogens is 298 g/mol. The standard InChI is InChI=1S/C12H19N3O5S/c1-20-9-10-2-4-15(5-3-10)21(18,19)11-6-13-14(7-11)8-12(16)17/h6-7,10H,2-5,8-9H2,1H3,(H,16,17). The Kier molecular flexibility index (Phi) is 4.96. The van der Waals surface area contributed by atoms with Gasteiger partial charge in [-0.2, -0.15) is 9.40 Å². The van der Waals surface area contributed by atoms with Gasteiger partial charge < -0.3 is 9.84 Å². The number of carbonyl (C=O) groups is 1. The zero-order valence-electron chi connectivity index (χ0n) is 11.8. The van der Waals surface area contributed by atoms with E-state index in [0.29, 0.717) is 25.6 Å². The zero-order valence-corrected chi connectivity index (χ0v) is 12.6. The van der Waals surface area contributed by atoms with Crippen LogP contribution in [0.1, 0.15) is 12.8 Å². The summed E-state index contributed by atoms with van der Waals surface area (Å²) in [4.78, 5) is 10.6. The number of carboxylic acids is 1.